The zero-order chi connectivity index (χ0) is 20.4. The number of guanidine groups is 1. The van der Waals surface area contributed by atoms with Crippen LogP contribution in [-0.2, 0) is 13.6 Å². The first-order valence-electron chi connectivity index (χ1n) is 9.27. The smallest absolute Gasteiger partial charge is 0.191 e. The Hall–Kier alpha value is -1.56. The zero-order valence-corrected chi connectivity index (χ0v) is 20.5. The van der Waals surface area contributed by atoms with Crippen LogP contribution in [0.1, 0.15) is 25.0 Å². The van der Waals surface area contributed by atoms with Crippen LogP contribution in [0.5, 0.6) is 5.75 Å². The van der Waals surface area contributed by atoms with E-state index in [-0.39, 0.29) is 35.9 Å². The third kappa shape index (κ3) is 9.20. The number of aromatic nitrogens is 3. The van der Waals surface area contributed by atoms with E-state index in [1.54, 1.807) is 12.1 Å². The second kappa shape index (κ2) is 13.6. The molecule has 0 radical (unpaired) electrons. The highest BCUT2D eigenvalue weighted by atomic mass is 127. The van der Waals surface area contributed by atoms with Crippen molar-refractivity contribution in [1.82, 2.24) is 25.4 Å². The van der Waals surface area contributed by atoms with Gasteiger partial charge in [0, 0.05) is 19.7 Å². The van der Waals surface area contributed by atoms with Crippen LogP contribution in [0.4, 0.5) is 4.39 Å². The monoisotopic (exact) mass is 536 g/mol. The van der Waals surface area contributed by atoms with Gasteiger partial charge in [0.1, 0.15) is 30.0 Å². The molecule has 0 saturated carbocycles. The molecule has 29 heavy (non-hydrogen) atoms. The average molecular weight is 536 g/mol. The van der Waals surface area contributed by atoms with Crippen molar-refractivity contribution in [2.75, 3.05) is 25.1 Å². The summed E-state index contributed by atoms with van der Waals surface area (Å²) >= 11 is 1.82. The van der Waals surface area contributed by atoms with Gasteiger partial charge in [0.25, 0.3) is 0 Å². The van der Waals surface area contributed by atoms with Gasteiger partial charge in [0.2, 0.25) is 0 Å². The van der Waals surface area contributed by atoms with Gasteiger partial charge in [0.05, 0.1) is 6.54 Å². The predicted octanol–water partition coefficient (Wildman–Crippen LogP) is 3.14. The number of rotatable bonds is 10. The third-order valence-corrected chi connectivity index (χ3v) is 4.77. The lowest BCUT2D eigenvalue weighted by Gasteiger charge is -2.18. The maximum absolute atomic E-state index is 13.3. The summed E-state index contributed by atoms with van der Waals surface area (Å²) in [7, 11) is 1.92. The topological polar surface area (TPSA) is 76.4 Å². The molecule has 0 aliphatic carbocycles. The Kier molecular flexibility index (Phi) is 12.0. The molecule has 1 heterocycles. The fourth-order valence-corrected chi connectivity index (χ4v) is 2.82. The minimum absolute atomic E-state index is 0. The van der Waals surface area contributed by atoms with E-state index in [1.807, 2.05) is 37.2 Å². The lowest BCUT2D eigenvalue weighted by Crippen LogP contribution is -2.42. The first-order chi connectivity index (χ1) is 13.5. The van der Waals surface area contributed by atoms with E-state index in [0.29, 0.717) is 24.8 Å². The van der Waals surface area contributed by atoms with Crippen LogP contribution < -0.4 is 15.4 Å². The molecule has 0 aliphatic rings. The number of nitrogens with zero attached hydrogens (tertiary/aromatic N) is 4. The quantitative estimate of drug-likeness (QED) is 0.210. The van der Waals surface area contributed by atoms with Crippen LogP contribution >= 0.6 is 35.7 Å². The van der Waals surface area contributed by atoms with E-state index in [4.69, 9.17) is 4.74 Å². The second-order valence-electron chi connectivity index (χ2n) is 6.43. The highest BCUT2D eigenvalue weighted by Crippen LogP contribution is 2.13. The molecule has 162 valence electrons. The van der Waals surface area contributed by atoms with Crippen molar-refractivity contribution in [2.24, 2.45) is 12.0 Å². The van der Waals surface area contributed by atoms with E-state index >= 15 is 0 Å². The molecule has 0 aliphatic heterocycles. The van der Waals surface area contributed by atoms with Crippen LogP contribution in [0.3, 0.4) is 0 Å². The normalized spacial score (nSPS) is 12.2. The molecule has 2 aromatic rings. The van der Waals surface area contributed by atoms with E-state index in [1.165, 1.54) is 12.1 Å². The summed E-state index contributed by atoms with van der Waals surface area (Å²) < 4.78 is 21.0. The minimum atomic E-state index is -0.311. The zero-order valence-electron chi connectivity index (χ0n) is 17.3. The Morgan fingerprint density at radius 1 is 1.34 bits per heavy atom. The molecular weight excluding hydrogens is 506 g/mol. The predicted molar refractivity (Wildman–Crippen MR) is 128 cm³/mol. The van der Waals surface area contributed by atoms with Gasteiger partial charge in [-0.05, 0) is 44.4 Å². The number of aryl methyl sites for hydroxylation is 1. The van der Waals surface area contributed by atoms with Crippen molar-refractivity contribution in [3.8, 4) is 5.75 Å². The van der Waals surface area contributed by atoms with Crippen molar-refractivity contribution >= 4 is 41.7 Å². The summed E-state index contributed by atoms with van der Waals surface area (Å²) in [5.41, 5.74) is 0. The Balaban J connectivity index is 0.00000420. The SMILES string of the molecule is CSCCCNC(=NCc1nnc(C)n1C)NCC(C)Oc1cccc(F)c1.I. The molecule has 1 aromatic carbocycles. The number of nitrogens with one attached hydrogen (secondary N) is 2. The van der Waals surface area contributed by atoms with Crippen molar-refractivity contribution < 1.29 is 9.13 Å². The molecule has 1 unspecified atom stereocenters. The van der Waals surface area contributed by atoms with E-state index in [2.05, 4.69) is 32.1 Å². The van der Waals surface area contributed by atoms with Crippen molar-refractivity contribution in [1.29, 1.82) is 0 Å². The highest BCUT2D eigenvalue weighted by molar-refractivity contribution is 14.0. The van der Waals surface area contributed by atoms with Gasteiger partial charge in [-0.3, -0.25) is 0 Å². The van der Waals surface area contributed by atoms with Gasteiger partial charge in [-0.25, -0.2) is 9.38 Å². The molecule has 0 spiro atoms. The van der Waals surface area contributed by atoms with Gasteiger partial charge >= 0.3 is 0 Å². The fourth-order valence-electron chi connectivity index (χ4n) is 2.39. The van der Waals surface area contributed by atoms with Crippen LogP contribution in [0.25, 0.3) is 0 Å². The van der Waals surface area contributed by atoms with Crippen LogP contribution in [-0.4, -0.2) is 51.9 Å². The summed E-state index contributed by atoms with van der Waals surface area (Å²) in [4.78, 5) is 4.61. The number of halogens is 2. The first-order valence-corrected chi connectivity index (χ1v) is 10.7. The molecular formula is C19H30FIN6OS. The number of aliphatic imine (C=N–C) groups is 1. The molecule has 0 bridgehead atoms. The van der Waals surface area contributed by atoms with E-state index in [0.717, 1.165) is 30.4 Å². The lowest BCUT2D eigenvalue weighted by atomic mass is 10.3. The molecule has 0 saturated heterocycles. The van der Waals surface area contributed by atoms with Crippen molar-refractivity contribution in [3.63, 3.8) is 0 Å². The molecule has 7 nitrogen and oxygen atoms in total. The molecule has 2 rings (SSSR count). The molecule has 1 aromatic heterocycles. The maximum Gasteiger partial charge on any atom is 0.191 e. The third-order valence-electron chi connectivity index (χ3n) is 4.07. The van der Waals surface area contributed by atoms with Crippen molar-refractivity contribution in [3.05, 3.63) is 41.7 Å². The Bertz CT molecular complexity index is 773. The van der Waals surface area contributed by atoms with Gasteiger partial charge in [0.15, 0.2) is 11.8 Å². The largest absolute Gasteiger partial charge is 0.489 e. The Morgan fingerprint density at radius 3 is 2.79 bits per heavy atom. The van der Waals surface area contributed by atoms with Crippen LogP contribution in [0.15, 0.2) is 29.3 Å². The summed E-state index contributed by atoms with van der Waals surface area (Å²) in [6, 6.07) is 6.15. The first kappa shape index (κ1) is 25.5. The molecule has 2 N–H and O–H groups in total. The minimum Gasteiger partial charge on any atom is -0.489 e. The second-order valence-corrected chi connectivity index (χ2v) is 7.41. The molecule has 1 atom stereocenters. The molecule has 0 amide bonds. The summed E-state index contributed by atoms with van der Waals surface area (Å²) in [5.74, 6) is 3.62. The van der Waals surface area contributed by atoms with Gasteiger partial charge < -0.3 is 19.9 Å². The number of benzene rings is 1. The Labute approximate surface area is 193 Å². The number of hydrogen-bond donors (Lipinski definition) is 2. The van der Waals surface area contributed by atoms with Crippen LogP contribution in [0.2, 0.25) is 0 Å². The highest BCUT2D eigenvalue weighted by Gasteiger charge is 2.08. The van der Waals surface area contributed by atoms with E-state index < -0.39 is 0 Å². The summed E-state index contributed by atoms with van der Waals surface area (Å²) in [5, 5.41) is 14.8. The van der Waals surface area contributed by atoms with Crippen LogP contribution in [0, 0.1) is 12.7 Å². The average Bonchev–Trinajstić information content (AvgIpc) is 2.98. The molecule has 10 heteroatoms. The standard InChI is InChI=1S/C19H29FN6OS.HI/c1-14(27-17-8-5-7-16(20)11-17)12-22-19(21-9-6-10-28-4)23-13-18-25-24-15(2)26(18)3;/h5,7-8,11,14H,6,9-10,12-13H2,1-4H3,(H2,21,22,23);1H. The number of ether oxygens (including phenoxy) is 1. The van der Waals surface area contributed by atoms with E-state index in [9.17, 15) is 4.39 Å². The molecule has 0 fully saturated rings. The Morgan fingerprint density at radius 2 is 2.14 bits per heavy atom. The van der Waals surface area contributed by atoms with Gasteiger partial charge in [-0.1, -0.05) is 6.07 Å². The fraction of sp³-hybridized carbons (Fsp3) is 0.526. The number of hydrogen-bond acceptors (Lipinski definition) is 5. The summed E-state index contributed by atoms with van der Waals surface area (Å²) in [6.07, 6.45) is 2.98. The van der Waals surface area contributed by atoms with Gasteiger partial charge in [-0.15, -0.1) is 34.2 Å². The van der Waals surface area contributed by atoms with Crippen molar-refractivity contribution in [2.45, 2.75) is 32.9 Å². The lowest BCUT2D eigenvalue weighted by molar-refractivity contribution is 0.223. The number of thioether (sulfide) groups is 1. The maximum atomic E-state index is 13.3. The summed E-state index contributed by atoms with van der Waals surface area (Å²) in [6.45, 7) is 5.61. The van der Waals surface area contributed by atoms with Gasteiger partial charge in [-0.2, -0.15) is 11.8 Å².